The third kappa shape index (κ3) is 4.24. The molecule has 1 aliphatic rings. The Labute approximate surface area is 114 Å². The van der Waals surface area contributed by atoms with Crippen molar-refractivity contribution in [3.8, 4) is 0 Å². The quantitative estimate of drug-likeness (QED) is 0.881. The minimum Gasteiger partial charge on any atom is -0.375 e. The fourth-order valence-corrected chi connectivity index (χ4v) is 2.36. The largest absolute Gasteiger partial charge is 0.375 e. The van der Waals surface area contributed by atoms with Crippen LogP contribution in [0.2, 0.25) is 0 Å². The van der Waals surface area contributed by atoms with Gasteiger partial charge in [-0.15, -0.1) is 0 Å². The minimum absolute atomic E-state index is 0.0809. The molecule has 1 aliphatic heterocycles. The Bertz CT molecular complexity index is 397. The molecule has 1 fully saturated rings. The number of carbonyl (C=O) groups is 1. The van der Waals surface area contributed by atoms with Crippen molar-refractivity contribution < 1.29 is 9.53 Å². The standard InChI is InChI=1S/C15H22N2O2/c1-19-12-15(18)16-11-13-5-7-14(8-6-13)17-9-3-2-4-10-17/h5-8H,2-4,9-12H2,1H3,(H,16,18). The smallest absolute Gasteiger partial charge is 0.246 e. The van der Waals surface area contributed by atoms with E-state index in [-0.39, 0.29) is 12.5 Å². The molecule has 0 radical (unpaired) electrons. The number of hydrogen-bond donors (Lipinski definition) is 1. The van der Waals surface area contributed by atoms with E-state index in [2.05, 4.69) is 34.5 Å². The van der Waals surface area contributed by atoms with Crippen molar-refractivity contribution in [3.05, 3.63) is 29.8 Å². The Morgan fingerprint density at radius 3 is 2.53 bits per heavy atom. The average molecular weight is 262 g/mol. The maximum atomic E-state index is 11.3. The fourth-order valence-electron chi connectivity index (χ4n) is 2.36. The van der Waals surface area contributed by atoms with Gasteiger partial charge < -0.3 is 15.0 Å². The van der Waals surface area contributed by atoms with Crippen LogP contribution in [0.4, 0.5) is 5.69 Å². The zero-order valence-electron chi connectivity index (χ0n) is 11.5. The van der Waals surface area contributed by atoms with E-state index in [9.17, 15) is 4.79 Å². The predicted octanol–water partition coefficient (Wildman–Crippen LogP) is 1.94. The predicted molar refractivity (Wildman–Crippen MR) is 76.2 cm³/mol. The number of carbonyl (C=O) groups excluding carboxylic acids is 1. The van der Waals surface area contributed by atoms with Gasteiger partial charge in [0.2, 0.25) is 5.91 Å². The molecule has 0 aliphatic carbocycles. The number of hydrogen-bond acceptors (Lipinski definition) is 3. The monoisotopic (exact) mass is 262 g/mol. The third-order valence-corrected chi connectivity index (χ3v) is 3.42. The summed E-state index contributed by atoms with van der Waals surface area (Å²) in [5.41, 5.74) is 2.40. The zero-order valence-corrected chi connectivity index (χ0v) is 11.5. The molecule has 104 valence electrons. The number of piperidine rings is 1. The first-order valence-electron chi connectivity index (χ1n) is 6.89. The molecule has 0 aromatic heterocycles. The summed E-state index contributed by atoms with van der Waals surface area (Å²) in [5, 5.41) is 2.82. The Balaban J connectivity index is 1.85. The van der Waals surface area contributed by atoms with Gasteiger partial charge >= 0.3 is 0 Å². The van der Waals surface area contributed by atoms with Gasteiger partial charge in [-0.1, -0.05) is 12.1 Å². The van der Waals surface area contributed by atoms with Crippen LogP contribution in [0.3, 0.4) is 0 Å². The number of nitrogens with zero attached hydrogens (tertiary/aromatic N) is 1. The summed E-state index contributed by atoms with van der Waals surface area (Å²) < 4.78 is 4.77. The van der Waals surface area contributed by atoms with Crippen LogP contribution < -0.4 is 10.2 Å². The summed E-state index contributed by atoms with van der Waals surface area (Å²) in [7, 11) is 1.52. The minimum atomic E-state index is -0.0809. The van der Waals surface area contributed by atoms with E-state index in [0.717, 1.165) is 18.7 Å². The first-order chi connectivity index (χ1) is 9.29. The van der Waals surface area contributed by atoms with E-state index < -0.39 is 0 Å². The molecule has 0 spiro atoms. The molecular weight excluding hydrogens is 240 g/mol. The summed E-state index contributed by atoms with van der Waals surface area (Å²) in [4.78, 5) is 13.7. The van der Waals surface area contributed by atoms with E-state index in [1.54, 1.807) is 0 Å². The maximum Gasteiger partial charge on any atom is 0.246 e. The van der Waals surface area contributed by atoms with Crippen LogP contribution in [0.1, 0.15) is 24.8 Å². The second-order valence-corrected chi connectivity index (χ2v) is 4.92. The second-order valence-electron chi connectivity index (χ2n) is 4.92. The summed E-state index contributed by atoms with van der Waals surface area (Å²) in [5.74, 6) is -0.0809. The van der Waals surface area contributed by atoms with Crippen molar-refractivity contribution in [1.29, 1.82) is 0 Å². The average Bonchev–Trinajstić information content (AvgIpc) is 2.47. The zero-order chi connectivity index (χ0) is 13.5. The normalized spacial score (nSPS) is 15.3. The number of nitrogens with one attached hydrogen (secondary N) is 1. The Morgan fingerprint density at radius 1 is 1.21 bits per heavy atom. The van der Waals surface area contributed by atoms with Gasteiger partial charge in [0, 0.05) is 32.4 Å². The van der Waals surface area contributed by atoms with Crippen LogP contribution in [0, 0.1) is 0 Å². The molecule has 0 bridgehead atoms. The van der Waals surface area contributed by atoms with E-state index >= 15 is 0 Å². The first-order valence-corrected chi connectivity index (χ1v) is 6.89. The van der Waals surface area contributed by atoms with Crippen LogP contribution in [0.15, 0.2) is 24.3 Å². The molecule has 19 heavy (non-hydrogen) atoms. The molecule has 1 N–H and O–H groups in total. The molecule has 4 heteroatoms. The number of methoxy groups -OCH3 is 1. The van der Waals surface area contributed by atoms with Gasteiger partial charge in [0.05, 0.1) is 0 Å². The molecule has 2 rings (SSSR count). The molecule has 0 unspecified atom stereocenters. The molecule has 4 nitrogen and oxygen atoms in total. The first kappa shape index (κ1) is 13.9. The Morgan fingerprint density at radius 2 is 1.89 bits per heavy atom. The van der Waals surface area contributed by atoms with Crippen LogP contribution in [-0.2, 0) is 16.1 Å². The van der Waals surface area contributed by atoms with Crippen molar-refractivity contribution in [3.63, 3.8) is 0 Å². The highest BCUT2D eigenvalue weighted by atomic mass is 16.5. The van der Waals surface area contributed by atoms with Gasteiger partial charge in [0.15, 0.2) is 0 Å². The van der Waals surface area contributed by atoms with Gasteiger partial charge in [-0.05, 0) is 37.0 Å². The highest BCUT2D eigenvalue weighted by Gasteiger charge is 2.10. The van der Waals surface area contributed by atoms with Crippen molar-refractivity contribution in [1.82, 2.24) is 5.32 Å². The molecular formula is C15H22N2O2. The Hall–Kier alpha value is -1.55. The molecule has 1 saturated heterocycles. The highest BCUT2D eigenvalue weighted by molar-refractivity contribution is 5.77. The van der Waals surface area contributed by atoms with Gasteiger partial charge in [-0.2, -0.15) is 0 Å². The highest BCUT2D eigenvalue weighted by Crippen LogP contribution is 2.20. The topological polar surface area (TPSA) is 41.6 Å². The third-order valence-electron chi connectivity index (χ3n) is 3.42. The fraction of sp³-hybridized carbons (Fsp3) is 0.533. The molecule has 0 atom stereocenters. The number of amides is 1. The summed E-state index contributed by atoms with van der Waals surface area (Å²) in [6.45, 7) is 2.99. The maximum absolute atomic E-state index is 11.3. The SMILES string of the molecule is COCC(=O)NCc1ccc(N2CCCCC2)cc1. The van der Waals surface area contributed by atoms with E-state index in [4.69, 9.17) is 4.74 Å². The van der Waals surface area contributed by atoms with Crippen molar-refractivity contribution >= 4 is 11.6 Å². The summed E-state index contributed by atoms with van der Waals surface area (Å²) in [6, 6.07) is 8.44. The van der Waals surface area contributed by atoms with Gasteiger partial charge in [0.25, 0.3) is 0 Å². The lowest BCUT2D eigenvalue weighted by Crippen LogP contribution is -2.29. The van der Waals surface area contributed by atoms with Crippen molar-refractivity contribution in [2.45, 2.75) is 25.8 Å². The second kappa shape index (κ2) is 7.14. The van der Waals surface area contributed by atoms with Crippen molar-refractivity contribution in [2.24, 2.45) is 0 Å². The number of benzene rings is 1. The molecule has 1 amide bonds. The number of anilines is 1. The van der Waals surface area contributed by atoms with E-state index in [0.29, 0.717) is 6.54 Å². The summed E-state index contributed by atoms with van der Waals surface area (Å²) in [6.07, 6.45) is 3.92. The van der Waals surface area contributed by atoms with Gasteiger partial charge in [-0.25, -0.2) is 0 Å². The Kier molecular flexibility index (Phi) is 5.21. The van der Waals surface area contributed by atoms with Crippen molar-refractivity contribution in [2.75, 3.05) is 31.7 Å². The van der Waals surface area contributed by atoms with Gasteiger partial charge in [-0.3, -0.25) is 4.79 Å². The van der Waals surface area contributed by atoms with Crippen LogP contribution in [-0.4, -0.2) is 32.7 Å². The van der Waals surface area contributed by atoms with Crippen LogP contribution in [0.5, 0.6) is 0 Å². The molecule has 1 aromatic carbocycles. The number of ether oxygens (including phenoxy) is 1. The lowest BCUT2D eigenvalue weighted by molar-refractivity contribution is -0.124. The molecule has 0 saturated carbocycles. The molecule has 1 heterocycles. The van der Waals surface area contributed by atoms with Crippen LogP contribution >= 0.6 is 0 Å². The lowest BCUT2D eigenvalue weighted by atomic mass is 10.1. The van der Waals surface area contributed by atoms with Crippen LogP contribution in [0.25, 0.3) is 0 Å². The van der Waals surface area contributed by atoms with E-state index in [1.165, 1.54) is 32.1 Å². The lowest BCUT2D eigenvalue weighted by Gasteiger charge is -2.28. The summed E-state index contributed by atoms with van der Waals surface area (Å²) >= 11 is 0. The van der Waals surface area contributed by atoms with E-state index in [1.807, 2.05) is 0 Å². The molecule has 1 aromatic rings. The number of rotatable bonds is 5. The van der Waals surface area contributed by atoms with Gasteiger partial charge in [0.1, 0.15) is 6.61 Å².